The van der Waals surface area contributed by atoms with E-state index in [1.54, 1.807) is 0 Å². The summed E-state index contributed by atoms with van der Waals surface area (Å²) in [5.41, 5.74) is -4.53. The highest BCUT2D eigenvalue weighted by Gasteiger charge is 2.72. The van der Waals surface area contributed by atoms with Crippen molar-refractivity contribution in [1.29, 1.82) is 0 Å². The van der Waals surface area contributed by atoms with Crippen molar-refractivity contribution in [1.82, 2.24) is 4.72 Å². The monoisotopic (exact) mass is 453 g/mol. The summed E-state index contributed by atoms with van der Waals surface area (Å²) >= 11 is 0. The lowest BCUT2D eigenvalue weighted by atomic mass is 10.0. The Bertz CT molecular complexity index is 733. The van der Waals surface area contributed by atoms with Crippen LogP contribution < -0.4 is 4.72 Å². The highest BCUT2D eigenvalue weighted by Crippen LogP contribution is 2.48. The first-order chi connectivity index (χ1) is 13.0. The Kier molecular flexibility index (Phi) is 8.11. The van der Waals surface area contributed by atoms with Gasteiger partial charge in [0.1, 0.15) is 6.54 Å². The summed E-state index contributed by atoms with van der Waals surface area (Å²) in [4.78, 5) is 0. The number of halogens is 7. The van der Waals surface area contributed by atoms with Crippen LogP contribution in [0.2, 0.25) is 0 Å². The fraction of sp³-hybridized carbons (Fsp3) is 0.647. The second kappa shape index (κ2) is 9.17. The fourth-order valence-corrected chi connectivity index (χ4v) is 3.83. The Hall–Kier alpha value is -1.40. The molecule has 0 heterocycles. The Morgan fingerprint density at radius 3 is 1.93 bits per heavy atom. The van der Waals surface area contributed by atoms with E-state index >= 15 is 0 Å². The summed E-state index contributed by atoms with van der Waals surface area (Å²) in [6.45, 7) is 0.959. The van der Waals surface area contributed by atoms with E-state index in [2.05, 4.69) is 0 Å². The SMILES string of the molecule is C[N+](C)(CCCNS(=O)(=O)CCC(F)(C(F)(F)F)C(F)(F)F)Cc1ccccc1. The summed E-state index contributed by atoms with van der Waals surface area (Å²) in [7, 11) is -0.720. The van der Waals surface area contributed by atoms with Gasteiger partial charge in [0.25, 0.3) is 5.67 Å². The Balaban J connectivity index is 2.55. The van der Waals surface area contributed by atoms with Gasteiger partial charge in [0, 0.05) is 24.9 Å². The molecule has 0 saturated heterocycles. The highest BCUT2D eigenvalue weighted by atomic mass is 32.2. The average Bonchev–Trinajstić information content (AvgIpc) is 2.55. The molecule has 4 nitrogen and oxygen atoms in total. The summed E-state index contributed by atoms with van der Waals surface area (Å²) in [5.74, 6) is -1.63. The number of benzene rings is 1. The predicted molar refractivity (Wildman–Crippen MR) is 94.1 cm³/mol. The van der Waals surface area contributed by atoms with Crippen LogP contribution in [0.15, 0.2) is 30.3 Å². The van der Waals surface area contributed by atoms with Crippen LogP contribution in [-0.2, 0) is 16.6 Å². The van der Waals surface area contributed by atoms with E-state index < -0.39 is 40.2 Å². The van der Waals surface area contributed by atoms with Crippen LogP contribution in [0.4, 0.5) is 30.7 Å². The molecule has 29 heavy (non-hydrogen) atoms. The van der Waals surface area contributed by atoms with Crippen LogP contribution in [0.25, 0.3) is 0 Å². The zero-order valence-electron chi connectivity index (χ0n) is 15.9. The third-order valence-corrected chi connectivity index (χ3v) is 5.72. The van der Waals surface area contributed by atoms with Gasteiger partial charge >= 0.3 is 12.4 Å². The lowest BCUT2D eigenvalue weighted by Crippen LogP contribution is -2.54. The number of sulfonamides is 1. The van der Waals surface area contributed by atoms with Crippen molar-refractivity contribution in [3.8, 4) is 0 Å². The molecular formula is C17H24F7N2O2S+. The first-order valence-electron chi connectivity index (χ1n) is 8.65. The van der Waals surface area contributed by atoms with Crippen molar-refractivity contribution in [2.45, 2.75) is 37.4 Å². The summed E-state index contributed by atoms with van der Waals surface area (Å²) in [6.07, 6.45) is -14.5. The number of hydrogen-bond acceptors (Lipinski definition) is 2. The van der Waals surface area contributed by atoms with Gasteiger partial charge in [-0.3, -0.25) is 0 Å². The molecule has 0 aromatic heterocycles. The first kappa shape index (κ1) is 25.6. The molecule has 168 valence electrons. The lowest BCUT2D eigenvalue weighted by molar-refractivity contribution is -0.903. The Labute approximate surface area is 165 Å². The topological polar surface area (TPSA) is 46.2 Å². The zero-order valence-corrected chi connectivity index (χ0v) is 16.8. The molecule has 0 radical (unpaired) electrons. The van der Waals surface area contributed by atoms with Gasteiger partial charge in [-0.1, -0.05) is 30.3 Å². The minimum absolute atomic E-state index is 0.184. The van der Waals surface area contributed by atoms with E-state index in [0.717, 1.165) is 5.56 Å². The third kappa shape index (κ3) is 7.74. The van der Waals surface area contributed by atoms with E-state index in [4.69, 9.17) is 0 Å². The van der Waals surface area contributed by atoms with Gasteiger partial charge in [-0.2, -0.15) is 26.3 Å². The predicted octanol–water partition coefficient (Wildman–Crippen LogP) is 3.80. The van der Waals surface area contributed by atoms with Crippen LogP contribution in [0.1, 0.15) is 18.4 Å². The van der Waals surface area contributed by atoms with Crippen molar-refractivity contribution < 1.29 is 43.6 Å². The quantitative estimate of drug-likeness (QED) is 0.333. The second-order valence-corrected chi connectivity index (χ2v) is 9.34. The molecule has 0 amide bonds. The highest BCUT2D eigenvalue weighted by molar-refractivity contribution is 7.89. The summed E-state index contributed by atoms with van der Waals surface area (Å²) < 4.78 is 114. The van der Waals surface area contributed by atoms with Gasteiger partial charge in [0.2, 0.25) is 10.0 Å². The molecule has 0 spiro atoms. The number of alkyl halides is 7. The molecule has 0 atom stereocenters. The third-order valence-electron chi connectivity index (χ3n) is 4.33. The van der Waals surface area contributed by atoms with E-state index in [-0.39, 0.29) is 6.54 Å². The first-order valence-corrected chi connectivity index (χ1v) is 10.3. The van der Waals surface area contributed by atoms with E-state index in [1.807, 2.05) is 49.1 Å². The normalized spacial score (nSPS) is 14.2. The zero-order chi connectivity index (χ0) is 22.6. The minimum atomic E-state index is -6.26. The van der Waals surface area contributed by atoms with Crippen LogP contribution in [0.5, 0.6) is 0 Å². The van der Waals surface area contributed by atoms with Gasteiger partial charge in [-0.05, 0) is 0 Å². The lowest BCUT2D eigenvalue weighted by Gasteiger charge is -2.30. The van der Waals surface area contributed by atoms with Crippen molar-refractivity contribution in [3.05, 3.63) is 35.9 Å². The molecule has 0 fully saturated rings. The molecule has 0 bridgehead atoms. The van der Waals surface area contributed by atoms with E-state index in [1.165, 1.54) is 0 Å². The maximum absolute atomic E-state index is 13.5. The number of rotatable bonds is 10. The molecule has 1 aromatic carbocycles. The fourth-order valence-electron chi connectivity index (χ4n) is 2.68. The molecule has 0 aliphatic heterocycles. The molecule has 1 rings (SSSR count). The summed E-state index contributed by atoms with van der Waals surface area (Å²) in [6, 6.07) is 9.45. The van der Waals surface area contributed by atoms with Gasteiger partial charge in [0.15, 0.2) is 0 Å². The van der Waals surface area contributed by atoms with Gasteiger partial charge in [-0.25, -0.2) is 17.5 Å². The molecule has 0 aliphatic carbocycles. The number of nitrogens with zero attached hydrogens (tertiary/aromatic N) is 1. The standard InChI is InChI=1S/C17H24F7N2O2S/c1-26(2,13-14-7-4-3-5-8-14)11-6-10-25-29(27,28)12-9-15(18,16(19,20)21)17(22,23)24/h3-5,7-8,25H,6,9-13H2,1-2H3/q+1. The summed E-state index contributed by atoms with van der Waals surface area (Å²) in [5, 5.41) is 0. The molecular weight excluding hydrogens is 429 g/mol. The minimum Gasteiger partial charge on any atom is -0.325 e. The van der Waals surface area contributed by atoms with Crippen LogP contribution in [0, 0.1) is 0 Å². The van der Waals surface area contributed by atoms with Gasteiger partial charge in [-0.15, -0.1) is 0 Å². The van der Waals surface area contributed by atoms with Crippen molar-refractivity contribution in [2.75, 3.05) is 32.9 Å². The van der Waals surface area contributed by atoms with E-state index in [0.29, 0.717) is 24.0 Å². The Morgan fingerprint density at radius 1 is 0.931 bits per heavy atom. The largest absolute Gasteiger partial charge is 0.431 e. The Morgan fingerprint density at radius 2 is 1.45 bits per heavy atom. The molecule has 0 unspecified atom stereocenters. The maximum atomic E-state index is 13.5. The van der Waals surface area contributed by atoms with Crippen LogP contribution >= 0.6 is 0 Å². The second-order valence-electron chi connectivity index (χ2n) is 7.42. The van der Waals surface area contributed by atoms with Crippen LogP contribution in [-0.4, -0.2) is 63.9 Å². The molecule has 1 N–H and O–H groups in total. The van der Waals surface area contributed by atoms with Crippen LogP contribution in [0.3, 0.4) is 0 Å². The maximum Gasteiger partial charge on any atom is 0.431 e. The molecule has 0 aliphatic rings. The van der Waals surface area contributed by atoms with E-state index in [9.17, 15) is 39.2 Å². The number of nitrogens with one attached hydrogen (secondary N) is 1. The molecule has 1 aromatic rings. The smallest absolute Gasteiger partial charge is 0.325 e. The molecule has 0 saturated carbocycles. The van der Waals surface area contributed by atoms with Gasteiger partial charge < -0.3 is 4.48 Å². The average molecular weight is 453 g/mol. The van der Waals surface area contributed by atoms with Gasteiger partial charge in [0.05, 0.1) is 26.4 Å². The van der Waals surface area contributed by atoms with Crippen molar-refractivity contribution in [3.63, 3.8) is 0 Å². The number of quaternary nitrogens is 1. The number of hydrogen-bond donors (Lipinski definition) is 1. The van der Waals surface area contributed by atoms with Crippen molar-refractivity contribution >= 4 is 10.0 Å². The molecule has 12 heteroatoms. The van der Waals surface area contributed by atoms with Crippen molar-refractivity contribution in [2.24, 2.45) is 0 Å².